The summed E-state index contributed by atoms with van der Waals surface area (Å²) in [7, 11) is 1.18. The molecule has 0 aliphatic heterocycles. The summed E-state index contributed by atoms with van der Waals surface area (Å²) in [6, 6.07) is 0. The highest BCUT2D eigenvalue weighted by Gasteiger charge is 2.42. The smallest absolute Gasteiger partial charge is 0.309 e. The van der Waals surface area contributed by atoms with Crippen molar-refractivity contribution in [2.45, 2.75) is 12.8 Å². The largest absolute Gasteiger partial charge is 0.481 e. The van der Waals surface area contributed by atoms with E-state index in [0.717, 1.165) is 0 Å². The maximum absolute atomic E-state index is 11.0. The molecule has 1 fully saturated rings. The fourth-order valence-electron chi connectivity index (χ4n) is 1.52. The number of Topliss-reactive ketones (excluding diaryl/α,β-unsaturated/α-hetero) is 1. The zero-order valence-corrected chi connectivity index (χ0v) is 7.15. The van der Waals surface area contributed by atoms with Crippen molar-refractivity contribution in [3.8, 4) is 0 Å². The van der Waals surface area contributed by atoms with E-state index in [-0.39, 0.29) is 18.6 Å². The molecular formula is C8H10O5. The maximum Gasteiger partial charge on any atom is 0.309 e. The number of ether oxygens (including phenoxy) is 1. The third-order valence-corrected chi connectivity index (χ3v) is 2.20. The van der Waals surface area contributed by atoms with E-state index in [4.69, 9.17) is 5.11 Å². The fourth-order valence-corrected chi connectivity index (χ4v) is 1.52. The summed E-state index contributed by atoms with van der Waals surface area (Å²) in [5.74, 6) is -3.61. The number of methoxy groups -OCH3 is 1. The number of carbonyl (C=O) groups excluding carboxylic acids is 2. The van der Waals surface area contributed by atoms with Crippen LogP contribution in [0.1, 0.15) is 12.8 Å². The lowest BCUT2D eigenvalue weighted by molar-refractivity contribution is -0.154. The Balaban J connectivity index is 2.77. The standard InChI is InChI=1S/C8H10O5/c1-13-8(12)6-3-4(9)2-5(6)7(10)11/h5-6H,2-3H2,1H3,(H,10,11)/t5-,6-/m1/s1. The van der Waals surface area contributed by atoms with Gasteiger partial charge in [-0.25, -0.2) is 0 Å². The molecule has 1 saturated carbocycles. The molecule has 0 unspecified atom stereocenters. The highest BCUT2D eigenvalue weighted by atomic mass is 16.5. The Kier molecular flexibility index (Phi) is 2.65. The molecule has 0 aromatic carbocycles. The molecule has 0 spiro atoms. The second kappa shape index (κ2) is 3.55. The van der Waals surface area contributed by atoms with Crippen LogP contribution < -0.4 is 0 Å². The monoisotopic (exact) mass is 186 g/mol. The van der Waals surface area contributed by atoms with Gasteiger partial charge in [0.15, 0.2) is 0 Å². The van der Waals surface area contributed by atoms with Gasteiger partial charge >= 0.3 is 11.9 Å². The van der Waals surface area contributed by atoms with Gasteiger partial charge in [-0.05, 0) is 0 Å². The molecule has 0 amide bonds. The average molecular weight is 186 g/mol. The molecule has 0 saturated heterocycles. The van der Waals surface area contributed by atoms with Crippen LogP contribution in [0, 0.1) is 11.8 Å². The summed E-state index contributed by atoms with van der Waals surface area (Å²) < 4.78 is 4.41. The molecule has 1 aliphatic rings. The Morgan fingerprint density at radius 2 is 1.92 bits per heavy atom. The Morgan fingerprint density at radius 3 is 2.38 bits per heavy atom. The molecule has 1 N–H and O–H groups in total. The molecule has 72 valence electrons. The molecular weight excluding hydrogens is 176 g/mol. The molecule has 0 aromatic rings. The SMILES string of the molecule is COC(=O)[C@@H]1CC(=O)C[C@H]1C(=O)O. The van der Waals surface area contributed by atoms with Crippen molar-refractivity contribution in [1.29, 1.82) is 0 Å². The van der Waals surface area contributed by atoms with Crippen molar-refractivity contribution in [3.05, 3.63) is 0 Å². The highest BCUT2D eigenvalue weighted by molar-refractivity contribution is 5.94. The topological polar surface area (TPSA) is 80.7 Å². The van der Waals surface area contributed by atoms with Crippen LogP contribution in [0.5, 0.6) is 0 Å². The number of carboxylic acids is 1. The molecule has 1 aliphatic carbocycles. The summed E-state index contributed by atoms with van der Waals surface area (Å²) in [6.07, 6.45) is -0.0707. The van der Waals surface area contributed by atoms with E-state index in [2.05, 4.69) is 4.74 Å². The molecule has 0 aromatic heterocycles. The lowest BCUT2D eigenvalue weighted by Gasteiger charge is -2.11. The van der Waals surface area contributed by atoms with Crippen LogP contribution in [0.2, 0.25) is 0 Å². The molecule has 2 atom stereocenters. The van der Waals surface area contributed by atoms with Gasteiger partial charge in [0.1, 0.15) is 5.78 Å². The average Bonchev–Trinajstić information content (AvgIpc) is 2.46. The van der Waals surface area contributed by atoms with Gasteiger partial charge in [-0.1, -0.05) is 0 Å². The van der Waals surface area contributed by atoms with E-state index >= 15 is 0 Å². The number of esters is 1. The number of aliphatic carboxylic acids is 1. The summed E-state index contributed by atoms with van der Waals surface area (Å²) in [4.78, 5) is 32.6. The van der Waals surface area contributed by atoms with Crippen molar-refractivity contribution < 1.29 is 24.2 Å². The van der Waals surface area contributed by atoms with Gasteiger partial charge in [0, 0.05) is 12.8 Å². The Bertz CT molecular complexity index is 257. The van der Waals surface area contributed by atoms with Crippen molar-refractivity contribution in [1.82, 2.24) is 0 Å². The predicted molar refractivity (Wildman–Crippen MR) is 40.9 cm³/mol. The van der Waals surface area contributed by atoms with E-state index in [0.29, 0.717) is 0 Å². The van der Waals surface area contributed by atoms with Crippen LogP contribution in [-0.2, 0) is 19.1 Å². The number of carboxylic acid groups (broad SMARTS) is 1. The van der Waals surface area contributed by atoms with Gasteiger partial charge in [-0.15, -0.1) is 0 Å². The van der Waals surface area contributed by atoms with Crippen LogP contribution in [-0.4, -0.2) is 29.9 Å². The molecule has 5 nitrogen and oxygen atoms in total. The van der Waals surface area contributed by atoms with E-state index in [1.807, 2.05) is 0 Å². The quantitative estimate of drug-likeness (QED) is 0.606. The Morgan fingerprint density at radius 1 is 1.38 bits per heavy atom. The number of ketones is 1. The van der Waals surface area contributed by atoms with Crippen LogP contribution >= 0.6 is 0 Å². The van der Waals surface area contributed by atoms with E-state index < -0.39 is 23.8 Å². The normalized spacial score (nSPS) is 27.3. The molecule has 1 rings (SSSR count). The van der Waals surface area contributed by atoms with Gasteiger partial charge in [0.25, 0.3) is 0 Å². The van der Waals surface area contributed by atoms with Crippen molar-refractivity contribution in [2.75, 3.05) is 7.11 Å². The number of rotatable bonds is 2. The first-order valence-electron chi connectivity index (χ1n) is 3.88. The zero-order valence-electron chi connectivity index (χ0n) is 7.15. The Labute approximate surface area is 74.7 Å². The molecule has 5 heteroatoms. The summed E-state index contributed by atoms with van der Waals surface area (Å²) in [6.45, 7) is 0. The number of carbonyl (C=O) groups is 3. The second-order valence-corrected chi connectivity index (χ2v) is 3.02. The van der Waals surface area contributed by atoms with Crippen LogP contribution in [0.15, 0.2) is 0 Å². The third kappa shape index (κ3) is 1.85. The van der Waals surface area contributed by atoms with Crippen molar-refractivity contribution in [2.24, 2.45) is 11.8 Å². The molecule has 0 heterocycles. The van der Waals surface area contributed by atoms with E-state index in [1.165, 1.54) is 7.11 Å². The van der Waals surface area contributed by atoms with E-state index in [1.54, 1.807) is 0 Å². The number of hydrogen-bond acceptors (Lipinski definition) is 4. The minimum Gasteiger partial charge on any atom is -0.481 e. The fraction of sp³-hybridized carbons (Fsp3) is 0.625. The van der Waals surface area contributed by atoms with Gasteiger partial charge in [0.05, 0.1) is 18.9 Å². The first-order chi connectivity index (χ1) is 6.06. The number of hydrogen-bond donors (Lipinski definition) is 1. The minimum absolute atomic E-state index is 0.0103. The van der Waals surface area contributed by atoms with Gasteiger partial charge in [0.2, 0.25) is 0 Å². The van der Waals surface area contributed by atoms with Crippen LogP contribution in [0.3, 0.4) is 0 Å². The van der Waals surface area contributed by atoms with E-state index in [9.17, 15) is 14.4 Å². The summed E-state index contributed by atoms with van der Waals surface area (Å²) in [5, 5.41) is 8.69. The van der Waals surface area contributed by atoms with Crippen molar-refractivity contribution in [3.63, 3.8) is 0 Å². The highest BCUT2D eigenvalue weighted by Crippen LogP contribution is 2.30. The minimum atomic E-state index is -1.11. The molecule has 0 bridgehead atoms. The molecule has 13 heavy (non-hydrogen) atoms. The van der Waals surface area contributed by atoms with Gasteiger partial charge in [-0.2, -0.15) is 0 Å². The predicted octanol–water partition coefficient (Wildman–Crippen LogP) is -0.161. The lowest BCUT2D eigenvalue weighted by Crippen LogP contribution is -2.26. The first-order valence-corrected chi connectivity index (χ1v) is 3.88. The van der Waals surface area contributed by atoms with Crippen LogP contribution in [0.25, 0.3) is 0 Å². The Hall–Kier alpha value is -1.39. The zero-order chi connectivity index (χ0) is 10.0. The van der Waals surface area contributed by atoms with Crippen molar-refractivity contribution >= 4 is 17.7 Å². The van der Waals surface area contributed by atoms with Gasteiger partial charge in [-0.3, -0.25) is 14.4 Å². The maximum atomic E-state index is 11.0. The molecule has 0 radical (unpaired) electrons. The third-order valence-electron chi connectivity index (χ3n) is 2.20. The lowest BCUT2D eigenvalue weighted by atomic mass is 9.97. The second-order valence-electron chi connectivity index (χ2n) is 3.02. The summed E-state index contributed by atoms with van der Waals surface area (Å²) in [5.41, 5.74) is 0. The summed E-state index contributed by atoms with van der Waals surface area (Å²) >= 11 is 0. The first kappa shape index (κ1) is 9.70. The van der Waals surface area contributed by atoms with Crippen LogP contribution in [0.4, 0.5) is 0 Å². The van der Waals surface area contributed by atoms with Gasteiger partial charge < -0.3 is 9.84 Å².